The molecule has 2 atom stereocenters. The normalized spacial score (nSPS) is 18.1. The molecule has 3 aromatic carbocycles. The molecule has 4 aromatic rings. The van der Waals surface area contributed by atoms with E-state index in [-0.39, 0.29) is 34.5 Å². The van der Waals surface area contributed by atoms with Crippen LogP contribution < -0.4 is 15.4 Å². The highest BCUT2D eigenvalue weighted by molar-refractivity contribution is 6.20. The third kappa shape index (κ3) is 4.43. The number of benzodiazepines with no additional fused rings is 1. The van der Waals surface area contributed by atoms with E-state index in [0.717, 1.165) is 0 Å². The molecule has 3 heterocycles. The third-order valence-electron chi connectivity index (χ3n) is 6.66. The fraction of sp³-hybridized carbons (Fsp3) is 0.172. The van der Waals surface area contributed by atoms with Gasteiger partial charge in [0.05, 0.1) is 17.5 Å². The fourth-order valence-corrected chi connectivity index (χ4v) is 4.74. The largest absolute Gasteiger partial charge is 0.474 e. The van der Waals surface area contributed by atoms with Crippen molar-refractivity contribution < 1.29 is 23.1 Å². The minimum atomic E-state index is -1.43. The first-order chi connectivity index (χ1) is 18.9. The van der Waals surface area contributed by atoms with Crippen molar-refractivity contribution in [1.82, 2.24) is 15.1 Å². The molecule has 2 amide bonds. The van der Waals surface area contributed by atoms with Gasteiger partial charge in [-0.05, 0) is 25.1 Å². The van der Waals surface area contributed by atoms with E-state index in [2.05, 4.69) is 20.7 Å². The van der Waals surface area contributed by atoms with E-state index in [1.807, 2.05) is 13.0 Å². The van der Waals surface area contributed by atoms with Gasteiger partial charge < -0.3 is 15.4 Å². The molecule has 0 aliphatic carbocycles. The lowest BCUT2D eigenvalue weighted by Crippen LogP contribution is -2.42. The molecular weight excluding hydrogens is 504 g/mol. The number of aromatic nitrogens is 2. The summed E-state index contributed by atoms with van der Waals surface area (Å²) in [4.78, 5) is 31.6. The van der Waals surface area contributed by atoms with Crippen molar-refractivity contribution in [3.05, 3.63) is 101 Å². The van der Waals surface area contributed by atoms with Crippen LogP contribution in [-0.2, 0) is 11.3 Å². The average molecular weight is 528 g/mol. The molecule has 0 saturated carbocycles. The van der Waals surface area contributed by atoms with Crippen molar-refractivity contribution in [1.29, 1.82) is 0 Å². The number of hydrogen-bond donors (Lipinski definition) is 2. The molecule has 196 valence electrons. The van der Waals surface area contributed by atoms with Gasteiger partial charge in [-0.2, -0.15) is 5.10 Å². The van der Waals surface area contributed by atoms with Crippen LogP contribution in [0.2, 0.25) is 0 Å². The number of carbonyl (C=O) groups is 2. The van der Waals surface area contributed by atoms with Gasteiger partial charge in [-0.25, -0.2) is 18.5 Å². The number of rotatable bonds is 4. The van der Waals surface area contributed by atoms with Crippen LogP contribution >= 0.6 is 0 Å². The number of aryl methyl sites for hydroxylation is 1. The third-order valence-corrected chi connectivity index (χ3v) is 6.66. The van der Waals surface area contributed by atoms with Crippen LogP contribution in [-0.4, -0.2) is 39.6 Å². The molecular formula is C29H23F2N5O3. The number of nitrogens with zero attached hydrogens (tertiary/aromatic N) is 3. The standard InChI is InChI=1S/C29H23F2N5O3/c1-16-14-15-36-29(39-16)22(25(35-36)18-10-5-6-12-20(18)30)27(37)34-26-28(38)33-24-19(11-7-13-21(24)31)23(32-26)17-8-3-2-4-9-17/h2-13,16,26H,14-15H2,1H3,(H,33,38)(H,34,37)/t16-,26+/m0/s1. The summed E-state index contributed by atoms with van der Waals surface area (Å²) in [5.74, 6) is -2.47. The number of anilines is 1. The van der Waals surface area contributed by atoms with Gasteiger partial charge in [0.2, 0.25) is 12.0 Å². The van der Waals surface area contributed by atoms with E-state index in [0.29, 0.717) is 29.8 Å². The lowest BCUT2D eigenvalue weighted by atomic mass is 10.0. The second-order valence-electron chi connectivity index (χ2n) is 9.32. The molecule has 0 radical (unpaired) electrons. The van der Waals surface area contributed by atoms with Crippen molar-refractivity contribution in [2.75, 3.05) is 5.32 Å². The van der Waals surface area contributed by atoms with Gasteiger partial charge in [-0.3, -0.25) is 9.59 Å². The number of halogens is 2. The number of fused-ring (bicyclic) bond motifs is 2. The van der Waals surface area contributed by atoms with Crippen molar-refractivity contribution in [2.24, 2.45) is 4.99 Å². The summed E-state index contributed by atoms with van der Waals surface area (Å²) in [6.07, 6.45) is -0.966. The first-order valence-electron chi connectivity index (χ1n) is 12.5. The molecule has 2 aliphatic rings. The number of hydrogen-bond acceptors (Lipinski definition) is 5. The Kier molecular flexibility index (Phi) is 6.14. The van der Waals surface area contributed by atoms with Crippen LogP contribution in [0.1, 0.15) is 34.8 Å². The highest BCUT2D eigenvalue weighted by Crippen LogP contribution is 2.35. The first kappa shape index (κ1) is 24.5. The van der Waals surface area contributed by atoms with Crippen LogP contribution in [0, 0.1) is 11.6 Å². The van der Waals surface area contributed by atoms with Crippen LogP contribution in [0.3, 0.4) is 0 Å². The van der Waals surface area contributed by atoms with Crippen molar-refractivity contribution in [2.45, 2.75) is 32.2 Å². The Balaban J connectivity index is 1.44. The molecule has 10 heteroatoms. The number of benzene rings is 3. The summed E-state index contributed by atoms with van der Waals surface area (Å²) in [7, 11) is 0. The summed E-state index contributed by atoms with van der Waals surface area (Å²) in [5.41, 5.74) is 1.49. The van der Waals surface area contributed by atoms with Crippen LogP contribution in [0.15, 0.2) is 77.8 Å². The number of ether oxygens (including phenoxy) is 1. The monoisotopic (exact) mass is 527 g/mol. The number of aliphatic imine (C=N–C) groups is 1. The summed E-state index contributed by atoms with van der Waals surface area (Å²) in [6, 6.07) is 19.4. The number of amides is 2. The van der Waals surface area contributed by atoms with E-state index < -0.39 is 29.6 Å². The van der Waals surface area contributed by atoms with Gasteiger partial charge in [0.25, 0.3) is 11.8 Å². The van der Waals surface area contributed by atoms with Crippen molar-refractivity contribution >= 4 is 23.2 Å². The van der Waals surface area contributed by atoms with E-state index in [9.17, 15) is 18.4 Å². The summed E-state index contributed by atoms with van der Waals surface area (Å²) < 4.78 is 37.1. The van der Waals surface area contributed by atoms with Gasteiger partial charge in [0.1, 0.15) is 22.9 Å². The minimum absolute atomic E-state index is 0.0103. The number of para-hydroxylation sites is 1. The predicted octanol–water partition coefficient (Wildman–Crippen LogP) is 4.54. The molecule has 0 spiro atoms. The molecule has 39 heavy (non-hydrogen) atoms. The molecule has 0 bridgehead atoms. The van der Waals surface area contributed by atoms with Gasteiger partial charge in [-0.15, -0.1) is 0 Å². The van der Waals surface area contributed by atoms with Crippen LogP contribution in [0.25, 0.3) is 11.3 Å². The molecule has 6 rings (SSSR count). The summed E-state index contributed by atoms with van der Waals surface area (Å²) >= 11 is 0. The number of carbonyl (C=O) groups excluding carboxylic acids is 2. The second-order valence-corrected chi connectivity index (χ2v) is 9.32. The van der Waals surface area contributed by atoms with E-state index in [1.54, 1.807) is 42.5 Å². The minimum Gasteiger partial charge on any atom is -0.474 e. The summed E-state index contributed by atoms with van der Waals surface area (Å²) in [6.45, 7) is 2.34. The molecule has 0 fully saturated rings. The molecule has 2 aliphatic heterocycles. The van der Waals surface area contributed by atoms with Crippen molar-refractivity contribution in [3.8, 4) is 17.1 Å². The highest BCUT2D eigenvalue weighted by atomic mass is 19.1. The fourth-order valence-electron chi connectivity index (χ4n) is 4.74. The average Bonchev–Trinajstić information content (AvgIpc) is 3.24. The first-order valence-corrected chi connectivity index (χ1v) is 12.5. The highest BCUT2D eigenvalue weighted by Gasteiger charge is 2.34. The van der Waals surface area contributed by atoms with Gasteiger partial charge in [0, 0.05) is 29.7 Å². The van der Waals surface area contributed by atoms with E-state index >= 15 is 0 Å². The summed E-state index contributed by atoms with van der Waals surface area (Å²) in [5, 5.41) is 9.68. The zero-order chi connectivity index (χ0) is 27.1. The Morgan fingerprint density at radius 3 is 2.51 bits per heavy atom. The maximum atomic E-state index is 14.8. The maximum Gasteiger partial charge on any atom is 0.269 e. The lowest BCUT2D eigenvalue weighted by Gasteiger charge is -2.22. The van der Waals surface area contributed by atoms with Gasteiger partial charge >= 0.3 is 0 Å². The molecule has 2 N–H and O–H groups in total. The Morgan fingerprint density at radius 1 is 1.00 bits per heavy atom. The maximum absolute atomic E-state index is 14.8. The smallest absolute Gasteiger partial charge is 0.269 e. The quantitative estimate of drug-likeness (QED) is 0.407. The van der Waals surface area contributed by atoms with E-state index in [1.165, 1.54) is 28.9 Å². The zero-order valence-corrected chi connectivity index (χ0v) is 20.8. The van der Waals surface area contributed by atoms with Gasteiger partial charge in [-0.1, -0.05) is 54.6 Å². The molecule has 0 saturated heterocycles. The molecule has 0 unspecified atom stereocenters. The SMILES string of the molecule is C[C@H]1CCn2nc(-c3ccccc3F)c(C(=O)N[C@H]3N=C(c4ccccc4)c4cccc(F)c4NC3=O)c2O1. The molecule has 8 nitrogen and oxygen atoms in total. The van der Waals surface area contributed by atoms with Gasteiger partial charge in [0.15, 0.2) is 0 Å². The van der Waals surface area contributed by atoms with Crippen molar-refractivity contribution in [3.63, 3.8) is 0 Å². The predicted molar refractivity (Wildman–Crippen MR) is 141 cm³/mol. The topological polar surface area (TPSA) is 97.6 Å². The Labute approximate surface area is 222 Å². The zero-order valence-electron chi connectivity index (χ0n) is 20.8. The molecule has 1 aromatic heterocycles. The van der Waals surface area contributed by atoms with Crippen LogP contribution in [0.4, 0.5) is 14.5 Å². The Morgan fingerprint density at radius 2 is 1.72 bits per heavy atom. The Hall–Kier alpha value is -4.86. The van der Waals surface area contributed by atoms with E-state index in [4.69, 9.17) is 4.74 Å². The Bertz CT molecular complexity index is 1630. The van der Waals surface area contributed by atoms with Crippen LogP contribution in [0.5, 0.6) is 5.88 Å². The lowest BCUT2D eigenvalue weighted by molar-refractivity contribution is -0.117. The second kappa shape index (κ2) is 9.79. The number of nitrogens with one attached hydrogen (secondary N) is 2.